The summed E-state index contributed by atoms with van der Waals surface area (Å²) in [6, 6.07) is 16.2. The number of benzene rings is 1. The summed E-state index contributed by atoms with van der Waals surface area (Å²) in [5.74, 6) is -0.221. The minimum atomic E-state index is -0.619. The summed E-state index contributed by atoms with van der Waals surface area (Å²) in [6.07, 6.45) is -0.619. The number of hydrogen-bond donors (Lipinski definition) is 2. The lowest BCUT2D eigenvalue weighted by Crippen LogP contribution is -2.22. The molecule has 0 radical (unpaired) electrons. The highest BCUT2D eigenvalue weighted by Crippen LogP contribution is 2.30. The Hall–Kier alpha value is -2.46. The topological polar surface area (TPSA) is 73.1 Å². The van der Waals surface area contributed by atoms with Crippen LogP contribution < -0.4 is 5.32 Å². The molecule has 0 unspecified atom stereocenters. The Morgan fingerprint density at radius 1 is 1.21 bits per heavy atom. The molecule has 0 saturated heterocycles. The Balaban J connectivity index is 1.63. The molecule has 1 amide bonds. The number of nitriles is 1. The third kappa shape index (κ3) is 3.71. The molecule has 2 heterocycles. The van der Waals surface area contributed by atoms with Gasteiger partial charge >= 0.3 is 0 Å². The molecule has 6 heteroatoms. The number of nitrogens with one attached hydrogen (secondary N) is 1. The highest BCUT2D eigenvalue weighted by molar-refractivity contribution is 7.12. The van der Waals surface area contributed by atoms with Gasteiger partial charge in [-0.05, 0) is 41.8 Å². The van der Waals surface area contributed by atoms with Crippen LogP contribution in [0.25, 0.3) is 0 Å². The maximum absolute atomic E-state index is 12.1. The van der Waals surface area contributed by atoms with Gasteiger partial charge in [0.2, 0.25) is 0 Å². The minimum Gasteiger partial charge on any atom is -0.382 e. The van der Waals surface area contributed by atoms with Gasteiger partial charge in [0.05, 0.1) is 18.2 Å². The molecule has 0 bridgehead atoms. The van der Waals surface area contributed by atoms with Crippen molar-refractivity contribution in [1.29, 1.82) is 5.26 Å². The summed E-state index contributed by atoms with van der Waals surface area (Å²) in [6.45, 7) is 0.386. The van der Waals surface area contributed by atoms with Crippen LogP contribution in [0.3, 0.4) is 0 Å². The van der Waals surface area contributed by atoms with E-state index in [1.807, 2.05) is 35.7 Å². The fraction of sp³-hybridized carbons (Fsp3) is 0.111. The number of amides is 1. The van der Waals surface area contributed by atoms with Crippen LogP contribution in [0.1, 0.15) is 36.7 Å². The number of rotatable bonds is 5. The Kier molecular flexibility index (Phi) is 5.06. The molecular weight excluding hydrogens is 340 g/mol. The first-order valence-corrected chi connectivity index (χ1v) is 8.95. The Morgan fingerprint density at radius 2 is 2.08 bits per heavy atom. The van der Waals surface area contributed by atoms with Crippen LogP contribution in [-0.4, -0.2) is 11.0 Å². The summed E-state index contributed by atoms with van der Waals surface area (Å²) in [5.41, 5.74) is 0.921. The van der Waals surface area contributed by atoms with E-state index in [4.69, 9.17) is 5.26 Å². The van der Waals surface area contributed by atoms with Crippen LogP contribution in [0, 0.1) is 11.3 Å². The maximum atomic E-state index is 12.1. The predicted molar refractivity (Wildman–Crippen MR) is 95.0 cm³/mol. The summed E-state index contributed by atoms with van der Waals surface area (Å²) in [5, 5.41) is 24.0. The van der Waals surface area contributed by atoms with Crippen molar-refractivity contribution in [3.63, 3.8) is 0 Å². The fourth-order valence-electron chi connectivity index (χ4n) is 2.22. The van der Waals surface area contributed by atoms with Crippen molar-refractivity contribution in [2.75, 3.05) is 0 Å². The van der Waals surface area contributed by atoms with Gasteiger partial charge in [0.15, 0.2) is 0 Å². The van der Waals surface area contributed by atoms with Crippen LogP contribution in [-0.2, 0) is 6.54 Å². The zero-order chi connectivity index (χ0) is 16.9. The van der Waals surface area contributed by atoms with Gasteiger partial charge in [0, 0.05) is 20.2 Å². The lowest BCUT2D eigenvalue weighted by atomic mass is 10.1. The van der Waals surface area contributed by atoms with Crippen molar-refractivity contribution < 1.29 is 9.90 Å². The molecule has 1 atom stereocenters. The number of carbonyl (C=O) groups excluding carboxylic acids is 1. The van der Waals surface area contributed by atoms with Crippen molar-refractivity contribution in [2.45, 2.75) is 12.6 Å². The van der Waals surface area contributed by atoms with Crippen LogP contribution in [0.15, 0.2) is 53.9 Å². The smallest absolute Gasteiger partial charge is 0.251 e. The third-order valence-electron chi connectivity index (χ3n) is 3.44. The Morgan fingerprint density at radius 3 is 2.83 bits per heavy atom. The highest BCUT2D eigenvalue weighted by atomic mass is 32.1. The first-order valence-electron chi connectivity index (χ1n) is 7.26. The second-order valence-corrected chi connectivity index (χ2v) is 7.28. The average molecular weight is 354 g/mol. The van der Waals surface area contributed by atoms with Crippen molar-refractivity contribution in [3.8, 4) is 6.07 Å². The molecule has 0 aliphatic heterocycles. The predicted octanol–water partition coefficient (Wildman–Crippen LogP) is 3.69. The van der Waals surface area contributed by atoms with E-state index >= 15 is 0 Å². The molecule has 3 aromatic rings. The van der Waals surface area contributed by atoms with Crippen molar-refractivity contribution in [1.82, 2.24) is 5.32 Å². The molecular formula is C18H14N2O2S2. The van der Waals surface area contributed by atoms with E-state index in [0.717, 1.165) is 14.6 Å². The van der Waals surface area contributed by atoms with Crippen LogP contribution in [0.2, 0.25) is 0 Å². The molecule has 2 N–H and O–H groups in total. The van der Waals surface area contributed by atoms with Crippen LogP contribution in [0.5, 0.6) is 0 Å². The van der Waals surface area contributed by atoms with Gasteiger partial charge < -0.3 is 10.4 Å². The number of hydrogen-bond acceptors (Lipinski definition) is 5. The van der Waals surface area contributed by atoms with Crippen LogP contribution in [0.4, 0.5) is 0 Å². The molecule has 0 fully saturated rings. The number of aliphatic hydroxyl groups excluding tert-OH is 1. The first-order chi connectivity index (χ1) is 11.7. The number of thiophene rings is 2. The standard InChI is InChI=1S/C18H14N2O2S2/c19-10-12-3-1-4-13(9-12)18(22)20-11-14-6-7-16(24-14)17(21)15-5-2-8-23-15/h1-9,17,21H,11H2,(H,20,22)/t17-/m0/s1. The van der Waals surface area contributed by atoms with Crippen molar-refractivity contribution in [3.05, 3.63) is 79.7 Å². The highest BCUT2D eigenvalue weighted by Gasteiger charge is 2.14. The van der Waals surface area contributed by atoms with Crippen LogP contribution >= 0.6 is 22.7 Å². The van der Waals surface area contributed by atoms with Gasteiger partial charge in [-0.2, -0.15) is 5.26 Å². The van der Waals surface area contributed by atoms with Crippen molar-refractivity contribution in [2.24, 2.45) is 0 Å². The maximum Gasteiger partial charge on any atom is 0.251 e. The second-order valence-electron chi connectivity index (χ2n) is 5.10. The SMILES string of the molecule is N#Cc1cccc(C(=O)NCc2ccc([C@@H](O)c3cccs3)s2)c1. The van der Waals surface area contributed by atoms with Gasteiger partial charge in [-0.15, -0.1) is 22.7 Å². The van der Waals surface area contributed by atoms with Crippen molar-refractivity contribution >= 4 is 28.6 Å². The van der Waals surface area contributed by atoms with E-state index < -0.39 is 6.10 Å². The van der Waals surface area contributed by atoms with Gasteiger partial charge in [0.1, 0.15) is 6.10 Å². The quantitative estimate of drug-likeness (QED) is 0.734. The number of nitrogens with zero attached hydrogens (tertiary/aromatic N) is 1. The monoisotopic (exact) mass is 354 g/mol. The van der Waals surface area contributed by atoms with Gasteiger partial charge in [-0.25, -0.2) is 0 Å². The molecule has 1 aromatic carbocycles. The van der Waals surface area contributed by atoms with E-state index in [9.17, 15) is 9.90 Å². The molecule has 0 saturated carbocycles. The molecule has 4 nitrogen and oxygen atoms in total. The van der Waals surface area contributed by atoms with E-state index in [1.165, 1.54) is 22.7 Å². The first kappa shape index (κ1) is 16.4. The van der Waals surface area contributed by atoms with Gasteiger partial charge in [-0.1, -0.05) is 12.1 Å². The normalized spacial score (nSPS) is 11.7. The molecule has 0 spiro atoms. The number of aliphatic hydroxyl groups is 1. The summed E-state index contributed by atoms with van der Waals surface area (Å²) >= 11 is 2.99. The minimum absolute atomic E-state index is 0.221. The summed E-state index contributed by atoms with van der Waals surface area (Å²) in [4.78, 5) is 14.9. The van der Waals surface area contributed by atoms with E-state index in [2.05, 4.69) is 5.32 Å². The molecule has 2 aromatic heterocycles. The second kappa shape index (κ2) is 7.41. The van der Waals surface area contributed by atoms with Gasteiger partial charge in [-0.3, -0.25) is 4.79 Å². The fourth-order valence-corrected chi connectivity index (χ4v) is 3.98. The van der Waals surface area contributed by atoms with E-state index in [-0.39, 0.29) is 5.91 Å². The zero-order valence-electron chi connectivity index (χ0n) is 12.6. The lowest BCUT2D eigenvalue weighted by molar-refractivity contribution is 0.0951. The molecule has 0 aliphatic rings. The van der Waals surface area contributed by atoms with Gasteiger partial charge in [0.25, 0.3) is 5.91 Å². The lowest BCUT2D eigenvalue weighted by Gasteiger charge is -2.05. The molecule has 24 heavy (non-hydrogen) atoms. The van der Waals surface area contributed by atoms with E-state index in [1.54, 1.807) is 24.3 Å². The summed E-state index contributed by atoms with van der Waals surface area (Å²) in [7, 11) is 0. The zero-order valence-corrected chi connectivity index (χ0v) is 14.2. The summed E-state index contributed by atoms with van der Waals surface area (Å²) < 4.78 is 0. The largest absolute Gasteiger partial charge is 0.382 e. The molecule has 3 rings (SSSR count). The Bertz CT molecular complexity index is 879. The third-order valence-corrected chi connectivity index (χ3v) is 5.50. The molecule has 0 aliphatic carbocycles. The van der Waals surface area contributed by atoms with E-state index in [0.29, 0.717) is 17.7 Å². The number of carbonyl (C=O) groups is 1. The Labute approximate surface area is 147 Å². The average Bonchev–Trinajstić information content (AvgIpc) is 3.31. The molecule has 120 valence electrons.